The highest BCUT2D eigenvalue weighted by Gasteiger charge is 2.39. The minimum Gasteiger partial charge on any atom is -0.396 e. The van der Waals surface area contributed by atoms with Crippen LogP contribution in [0.15, 0.2) is 18.2 Å². The Morgan fingerprint density at radius 1 is 1.20 bits per heavy atom. The van der Waals surface area contributed by atoms with Gasteiger partial charge < -0.3 is 14.9 Å². The van der Waals surface area contributed by atoms with Crippen molar-refractivity contribution in [2.45, 2.75) is 31.8 Å². The Bertz CT molecular complexity index is 748. The number of carbonyl (C=O) groups is 3. The number of nitrogens with one attached hydrogen (secondary N) is 1. The maximum atomic E-state index is 12.8. The van der Waals surface area contributed by atoms with Crippen molar-refractivity contribution < 1.29 is 19.5 Å². The van der Waals surface area contributed by atoms with Gasteiger partial charge in [-0.3, -0.25) is 19.7 Å². The maximum absolute atomic E-state index is 12.8. The maximum Gasteiger partial charge on any atom is 0.255 e. The third-order valence-electron chi connectivity index (χ3n) is 5.42. The Hall–Kier alpha value is -2.41. The first kappa shape index (κ1) is 16.1. The number of aliphatic hydroxyl groups excluding tert-OH is 1. The van der Waals surface area contributed by atoms with Crippen molar-refractivity contribution in [1.29, 1.82) is 0 Å². The number of aliphatic hydroxyl groups is 1. The number of anilines is 1. The molecule has 1 unspecified atom stereocenters. The first-order valence-electron chi connectivity index (χ1n) is 8.70. The van der Waals surface area contributed by atoms with Crippen molar-refractivity contribution in [1.82, 2.24) is 10.2 Å². The first-order chi connectivity index (χ1) is 12.1. The molecule has 3 amide bonds. The van der Waals surface area contributed by atoms with E-state index in [0.717, 1.165) is 30.8 Å². The average Bonchev–Trinajstić information content (AvgIpc) is 3.20. The standard InChI is InChI=1S/C18H21N3O4/c22-10-11-5-6-20(8-11)13-2-1-12-9-21(18(25)14(12)7-13)15-3-4-16(23)19-17(15)24/h1-2,7,11,15,22H,3-6,8-10H2,(H,19,23,24)/t11-,15?/m1/s1. The smallest absolute Gasteiger partial charge is 0.255 e. The second-order valence-electron chi connectivity index (χ2n) is 7.02. The van der Waals surface area contributed by atoms with Gasteiger partial charge in [-0.05, 0) is 30.5 Å². The zero-order valence-corrected chi connectivity index (χ0v) is 13.9. The normalized spacial score (nSPS) is 26.2. The summed E-state index contributed by atoms with van der Waals surface area (Å²) in [6, 6.07) is 5.26. The number of amides is 3. The molecule has 2 N–H and O–H groups in total. The number of hydrogen-bond donors (Lipinski definition) is 2. The predicted molar refractivity (Wildman–Crippen MR) is 89.9 cm³/mol. The predicted octanol–water partition coefficient (Wildman–Crippen LogP) is 0.266. The van der Waals surface area contributed by atoms with Gasteiger partial charge in [0.1, 0.15) is 6.04 Å². The third kappa shape index (κ3) is 2.78. The van der Waals surface area contributed by atoms with Gasteiger partial charge in [0, 0.05) is 49.8 Å². The molecule has 0 aromatic heterocycles. The molecule has 2 atom stereocenters. The first-order valence-corrected chi connectivity index (χ1v) is 8.70. The van der Waals surface area contributed by atoms with Gasteiger partial charge in [-0.1, -0.05) is 6.07 Å². The van der Waals surface area contributed by atoms with Crippen LogP contribution in [0.2, 0.25) is 0 Å². The molecule has 3 heterocycles. The summed E-state index contributed by atoms with van der Waals surface area (Å²) in [5.41, 5.74) is 2.53. The van der Waals surface area contributed by atoms with Gasteiger partial charge in [0.2, 0.25) is 11.8 Å². The number of benzene rings is 1. The summed E-state index contributed by atoms with van der Waals surface area (Å²) in [6.45, 7) is 2.25. The molecule has 25 heavy (non-hydrogen) atoms. The van der Waals surface area contributed by atoms with E-state index in [2.05, 4.69) is 10.2 Å². The Balaban J connectivity index is 1.54. The molecule has 3 aliphatic heterocycles. The van der Waals surface area contributed by atoms with E-state index < -0.39 is 6.04 Å². The van der Waals surface area contributed by atoms with Gasteiger partial charge in [0.05, 0.1) is 0 Å². The number of nitrogens with zero attached hydrogens (tertiary/aromatic N) is 2. The zero-order valence-electron chi connectivity index (χ0n) is 13.9. The van der Waals surface area contributed by atoms with Gasteiger partial charge in [0.25, 0.3) is 5.91 Å². The van der Waals surface area contributed by atoms with E-state index in [0.29, 0.717) is 18.5 Å². The van der Waals surface area contributed by atoms with Crippen molar-refractivity contribution in [3.8, 4) is 0 Å². The fraction of sp³-hybridized carbons (Fsp3) is 0.500. The van der Waals surface area contributed by atoms with E-state index in [4.69, 9.17) is 0 Å². The van der Waals surface area contributed by atoms with Crippen LogP contribution in [0.5, 0.6) is 0 Å². The van der Waals surface area contributed by atoms with Crippen molar-refractivity contribution in [3.05, 3.63) is 29.3 Å². The fourth-order valence-electron chi connectivity index (χ4n) is 3.96. The summed E-state index contributed by atoms with van der Waals surface area (Å²) in [6.07, 6.45) is 1.59. The van der Waals surface area contributed by atoms with Crippen molar-refractivity contribution in [3.63, 3.8) is 0 Å². The Kier molecular flexibility index (Phi) is 3.95. The van der Waals surface area contributed by atoms with Gasteiger partial charge in [0.15, 0.2) is 0 Å². The Labute approximate surface area is 145 Å². The minimum atomic E-state index is -0.577. The Morgan fingerprint density at radius 3 is 2.76 bits per heavy atom. The quantitative estimate of drug-likeness (QED) is 0.769. The molecule has 7 nitrogen and oxygen atoms in total. The van der Waals surface area contributed by atoms with E-state index in [1.54, 1.807) is 4.90 Å². The molecule has 0 radical (unpaired) electrons. The van der Waals surface area contributed by atoms with Crippen LogP contribution >= 0.6 is 0 Å². The van der Waals surface area contributed by atoms with E-state index in [1.807, 2.05) is 18.2 Å². The summed E-state index contributed by atoms with van der Waals surface area (Å²) in [5.74, 6) is -0.531. The lowest BCUT2D eigenvalue weighted by molar-refractivity contribution is -0.136. The molecule has 7 heteroatoms. The van der Waals surface area contributed by atoms with Crippen LogP contribution in [0.3, 0.4) is 0 Å². The summed E-state index contributed by atoms with van der Waals surface area (Å²) < 4.78 is 0. The second-order valence-corrected chi connectivity index (χ2v) is 7.02. The number of hydrogen-bond acceptors (Lipinski definition) is 5. The average molecular weight is 343 g/mol. The molecule has 0 saturated carbocycles. The number of carbonyl (C=O) groups excluding carboxylic acids is 3. The highest BCUT2D eigenvalue weighted by atomic mass is 16.3. The molecule has 0 bridgehead atoms. The van der Waals surface area contributed by atoms with Crippen molar-refractivity contribution in [2.24, 2.45) is 5.92 Å². The molecule has 2 fully saturated rings. The minimum absolute atomic E-state index is 0.149. The largest absolute Gasteiger partial charge is 0.396 e. The molecule has 4 rings (SSSR count). The molecule has 1 aromatic carbocycles. The number of fused-ring (bicyclic) bond motifs is 1. The van der Waals surface area contributed by atoms with E-state index in [1.165, 1.54) is 0 Å². The van der Waals surface area contributed by atoms with Gasteiger partial charge in [-0.2, -0.15) is 0 Å². The van der Waals surface area contributed by atoms with Crippen molar-refractivity contribution in [2.75, 3.05) is 24.6 Å². The summed E-state index contributed by atoms with van der Waals surface area (Å²) in [5, 5.41) is 11.6. The van der Waals surface area contributed by atoms with Crippen LogP contribution in [0.4, 0.5) is 5.69 Å². The van der Waals surface area contributed by atoms with Crippen LogP contribution in [-0.4, -0.2) is 53.5 Å². The van der Waals surface area contributed by atoms with E-state index in [9.17, 15) is 19.5 Å². The zero-order chi connectivity index (χ0) is 17.6. The highest BCUT2D eigenvalue weighted by molar-refractivity contribution is 6.05. The molecule has 0 aliphatic carbocycles. The number of rotatable bonds is 3. The third-order valence-corrected chi connectivity index (χ3v) is 5.42. The summed E-state index contributed by atoms with van der Waals surface area (Å²) in [7, 11) is 0. The van der Waals surface area contributed by atoms with Crippen LogP contribution in [0.1, 0.15) is 35.2 Å². The SMILES string of the molecule is O=C1CCC(N2Cc3ccc(N4CC[C@@H](CO)C4)cc3C2=O)C(=O)N1. The molecule has 0 spiro atoms. The lowest BCUT2D eigenvalue weighted by atomic mass is 10.0. The van der Waals surface area contributed by atoms with Crippen LogP contribution in [0.25, 0.3) is 0 Å². The number of imide groups is 1. The van der Waals surface area contributed by atoms with E-state index in [-0.39, 0.29) is 36.7 Å². The van der Waals surface area contributed by atoms with Gasteiger partial charge in [-0.25, -0.2) is 0 Å². The summed E-state index contributed by atoms with van der Waals surface area (Å²) >= 11 is 0. The van der Waals surface area contributed by atoms with Crippen LogP contribution < -0.4 is 10.2 Å². The molecule has 132 valence electrons. The second kappa shape index (κ2) is 6.15. The monoisotopic (exact) mass is 343 g/mol. The number of piperidine rings is 1. The molecule has 3 aliphatic rings. The lowest BCUT2D eigenvalue weighted by Crippen LogP contribution is -2.52. The van der Waals surface area contributed by atoms with Crippen molar-refractivity contribution >= 4 is 23.4 Å². The molecule has 1 aromatic rings. The summed E-state index contributed by atoms with van der Waals surface area (Å²) in [4.78, 5) is 40.0. The molecular formula is C18H21N3O4. The van der Waals surface area contributed by atoms with Crippen LogP contribution in [0, 0.1) is 5.92 Å². The Morgan fingerprint density at radius 2 is 2.04 bits per heavy atom. The topological polar surface area (TPSA) is 90.0 Å². The highest BCUT2D eigenvalue weighted by Crippen LogP contribution is 2.32. The van der Waals surface area contributed by atoms with Gasteiger partial charge in [-0.15, -0.1) is 0 Å². The molecular weight excluding hydrogens is 322 g/mol. The van der Waals surface area contributed by atoms with E-state index >= 15 is 0 Å². The molecule has 2 saturated heterocycles. The van der Waals surface area contributed by atoms with Gasteiger partial charge >= 0.3 is 0 Å². The fourth-order valence-corrected chi connectivity index (χ4v) is 3.96. The van der Waals surface area contributed by atoms with Crippen LogP contribution in [-0.2, 0) is 16.1 Å². The lowest BCUT2D eigenvalue weighted by Gasteiger charge is -2.29.